The fourth-order valence-electron chi connectivity index (χ4n) is 2.31. The largest absolute Gasteiger partial charge is 0.497 e. The number of hydrogen-bond donors (Lipinski definition) is 0. The molecule has 1 aromatic heterocycles. The van der Waals surface area contributed by atoms with Crippen LogP contribution < -0.4 is 14.4 Å². The van der Waals surface area contributed by atoms with Gasteiger partial charge in [-0.15, -0.1) is 0 Å². The average molecular weight is 347 g/mol. The highest BCUT2D eigenvalue weighted by Gasteiger charge is 2.25. The van der Waals surface area contributed by atoms with E-state index in [4.69, 9.17) is 21.1 Å². The summed E-state index contributed by atoms with van der Waals surface area (Å²) in [6, 6.07) is 8.66. The van der Waals surface area contributed by atoms with E-state index in [1.165, 1.54) is 17.7 Å². The number of carbonyl (C=O) groups is 1. The fourth-order valence-corrected chi connectivity index (χ4v) is 2.55. The van der Waals surface area contributed by atoms with Crippen molar-refractivity contribution in [3.05, 3.63) is 47.1 Å². The molecule has 24 heavy (non-hydrogen) atoms. The Hall–Kier alpha value is -2.27. The summed E-state index contributed by atoms with van der Waals surface area (Å²) in [6.07, 6.45) is 3.95. The number of amides is 1. The van der Waals surface area contributed by atoms with Crippen LogP contribution in [0.5, 0.6) is 11.5 Å². The highest BCUT2D eigenvalue weighted by atomic mass is 35.5. The van der Waals surface area contributed by atoms with Crippen molar-refractivity contribution in [3.8, 4) is 11.5 Å². The summed E-state index contributed by atoms with van der Waals surface area (Å²) in [7, 11) is 3.22. The Morgan fingerprint density at radius 3 is 2.88 bits per heavy atom. The summed E-state index contributed by atoms with van der Waals surface area (Å²) < 4.78 is 11.0. The van der Waals surface area contributed by atoms with Crippen molar-refractivity contribution < 1.29 is 14.3 Å². The second kappa shape index (κ2) is 7.09. The van der Waals surface area contributed by atoms with Crippen LogP contribution in [-0.2, 0) is 0 Å². The van der Waals surface area contributed by atoms with E-state index >= 15 is 0 Å². The minimum atomic E-state index is -0.271. The molecule has 0 unspecified atom stereocenters. The topological polar surface area (TPSA) is 51.7 Å². The summed E-state index contributed by atoms with van der Waals surface area (Å²) in [5.74, 6) is 1.93. The highest BCUT2D eigenvalue weighted by Crippen LogP contribution is 2.33. The number of carbonyl (C=O) groups excluding carboxylic acids is 1. The molecule has 1 aromatic carbocycles. The predicted octanol–water partition coefficient (Wildman–Crippen LogP) is 3.81. The number of anilines is 1. The maximum atomic E-state index is 12.9. The van der Waals surface area contributed by atoms with Gasteiger partial charge in [-0.25, -0.2) is 4.98 Å². The van der Waals surface area contributed by atoms with Crippen LogP contribution in [0.15, 0.2) is 36.5 Å². The Balaban J connectivity index is 1.87. The van der Waals surface area contributed by atoms with Gasteiger partial charge in [-0.1, -0.05) is 17.7 Å². The molecule has 0 saturated heterocycles. The average Bonchev–Trinajstić information content (AvgIpc) is 3.43. The lowest BCUT2D eigenvalue weighted by Gasteiger charge is -2.19. The molecule has 126 valence electrons. The molecule has 1 fully saturated rings. The van der Waals surface area contributed by atoms with E-state index in [0.717, 1.165) is 0 Å². The van der Waals surface area contributed by atoms with Gasteiger partial charge in [0.15, 0.2) is 0 Å². The Kier molecular flexibility index (Phi) is 4.90. The summed E-state index contributed by atoms with van der Waals surface area (Å²) in [5.41, 5.74) is 0.354. The van der Waals surface area contributed by atoms with Gasteiger partial charge in [0.1, 0.15) is 22.9 Å². The van der Waals surface area contributed by atoms with Gasteiger partial charge in [0.2, 0.25) is 0 Å². The molecule has 5 nitrogen and oxygen atoms in total. The van der Waals surface area contributed by atoms with Crippen molar-refractivity contribution in [3.63, 3.8) is 0 Å². The maximum Gasteiger partial charge on any atom is 0.264 e. The second-order valence-corrected chi connectivity index (χ2v) is 6.19. The molecule has 0 N–H and O–H groups in total. The lowest BCUT2D eigenvalue weighted by atomic mass is 10.1. The molecular weight excluding hydrogens is 328 g/mol. The summed E-state index contributed by atoms with van der Waals surface area (Å²) in [6.45, 7) is 0.613. The van der Waals surface area contributed by atoms with E-state index in [0.29, 0.717) is 40.4 Å². The minimum Gasteiger partial charge on any atom is -0.497 e. The number of rotatable bonds is 6. The monoisotopic (exact) mass is 346 g/mol. The smallest absolute Gasteiger partial charge is 0.264 e. The lowest BCUT2D eigenvalue weighted by molar-refractivity contribution is 0.0988. The number of halogens is 1. The number of benzene rings is 1. The van der Waals surface area contributed by atoms with E-state index in [9.17, 15) is 4.79 Å². The molecule has 0 bridgehead atoms. The van der Waals surface area contributed by atoms with Gasteiger partial charge in [0.25, 0.3) is 5.91 Å². The lowest BCUT2D eigenvalue weighted by Crippen LogP contribution is -2.28. The van der Waals surface area contributed by atoms with Crippen LogP contribution in [0.25, 0.3) is 0 Å². The van der Waals surface area contributed by atoms with Gasteiger partial charge >= 0.3 is 0 Å². The van der Waals surface area contributed by atoms with Gasteiger partial charge in [0.05, 0.1) is 18.7 Å². The molecule has 1 saturated carbocycles. The van der Waals surface area contributed by atoms with E-state index in [2.05, 4.69) is 4.98 Å². The minimum absolute atomic E-state index is 0.271. The Morgan fingerprint density at radius 1 is 1.38 bits per heavy atom. The number of aromatic nitrogens is 1. The highest BCUT2D eigenvalue weighted by molar-refractivity contribution is 6.35. The van der Waals surface area contributed by atoms with Crippen molar-refractivity contribution in [2.75, 3.05) is 25.7 Å². The Morgan fingerprint density at radius 2 is 2.17 bits per heavy atom. The number of pyridine rings is 1. The van der Waals surface area contributed by atoms with Gasteiger partial charge in [0, 0.05) is 19.3 Å². The molecule has 2 aromatic rings. The third-order valence-electron chi connectivity index (χ3n) is 3.96. The standard InChI is InChI=1S/C18H19ClN2O3/c1-21(16-10-13(23-2)8-9-20-16)18(22)17-14(19)4-3-5-15(17)24-11-12-6-7-12/h3-5,8-10,12H,6-7,11H2,1-2H3. The summed E-state index contributed by atoms with van der Waals surface area (Å²) in [4.78, 5) is 18.6. The Bertz CT molecular complexity index is 747. The van der Waals surface area contributed by atoms with Crippen molar-refractivity contribution in [2.24, 2.45) is 5.92 Å². The quantitative estimate of drug-likeness (QED) is 0.798. The summed E-state index contributed by atoms with van der Waals surface area (Å²) in [5, 5.41) is 0.364. The van der Waals surface area contributed by atoms with Gasteiger partial charge in [-0.3, -0.25) is 9.69 Å². The molecular formula is C18H19ClN2O3. The van der Waals surface area contributed by atoms with Crippen molar-refractivity contribution >= 4 is 23.3 Å². The first-order valence-electron chi connectivity index (χ1n) is 7.79. The van der Waals surface area contributed by atoms with Gasteiger partial charge in [-0.05, 0) is 37.0 Å². The zero-order valence-corrected chi connectivity index (χ0v) is 14.4. The molecule has 1 heterocycles. The number of ether oxygens (including phenoxy) is 2. The van der Waals surface area contributed by atoms with Crippen LogP contribution in [0, 0.1) is 5.92 Å². The van der Waals surface area contributed by atoms with E-state index in [1.807, 2.05) is 0 Å². The third kappa shape index (κ3) is 3.62. The van der Waals surface area contributed by atoms with E-state index in [-0.39, 0.29) is 5.91 Å². The first-order valence-corrected chi connectivity index (χ1v) is 8.17. The zero-order chi connectivity index (χ0) is 17.1. The predicted molar refractivity (Wildman–Crippen MR) is 93.2 cm³/mol. The van der Waals surface area contributed by atoms with Crippen LogP contribution in [0.4, 0.5) is 5.82 Å². The molecule has 0 atom stereocenters. The summed E-state index contributed by atoms with van der Waals surface area (Å²) >= 11 is 6.27. The first kappa shape index (κ1) is 16.6. The molecule has 3 rings (SSSR count). The van der Waals surface area contributed by atoms with Crippen molar-refractivity contribution in [1.82, 2.24) is 4.98 Å². The van der Waals surface area contributed by atoms with E-state index in [1.54, 1.807) is 50.7 Å². The first-order chi connectivity index (χ1) is 11.6. The number of methoxy groups -OCH3 is 1. The van der Waals surface area contributed by atoms with Crippen molar-refractivity contribution in [1.29, 1.82) is 0 Å². The Labute approximate surface area is 146 Å². The van der Waals surface area contributed by atoms with Crippen LogP contribution in [0.3, 0.4) is 0 Å². The van der Waals surface area contributed by atoms with Crippen LogP contribution in [0.2, 0.25) is 5.02 Å². The zero-order valence-electron chi connectivity index (χ0n) is 13.7. The maximum absolute atomic E-state index is 12.9. The molecule has 6 heteroatoms. The molecule has 1 amide bonds. The fraction of sp³-hybridized carbons (Fsp3) is 0.333. The molecule has 0 spiro atoms. The molecule has 1 aliphatic carbocycles. The van der Waals surface area contributed by atoms with E-state index < -0.39 is 0 Å². The number of nitrogens with zero attached hydrogens (tertiary/aromatic N) is 2. The van der Waals surface area contributed by atoms with Crippen LogP contribution in [0.1, 0.15) is 23.2 Å². The molecule has 0 aliphatic heterocycles. The van der Waals surface area contributed by atoms with Gasteiger partial charge < -0.3 is 9.47 Å². The van der Waals surface area contributed by atoms with Crippen molar-refractivity contribution in [2.45, 2.75) is 12.8 Å². The third-order valence-corrected chi connectivity index (χ3v) is 4.28. The second-order valence-electron chi connectivity index (χ2n) is 5.79. The van der Waals surface area contributed by atoms with Crippen LogP contribution in [-0.4, -0.2) is 31.7 Å². The normalized spacial score (nSPS) is 13.5. The molecule has 1 aliphatic rings. The van der Waals surface area contributed by atoms with Crippen LogP contribution >= 0.6 is 11.6 Å². The van der Waals surface area contributed by atoms with Gasteiger partial charge in [-0.2, -0.15) is 0 Å². The SMILES string of the molecule is COc1ccnc(N(C)C(=O)c2c(Cl)cccc2OCC2CC2)c1. The number of hydrogen-bond acceptors (Lipinski definition) is 4. The molecule has 0 radical (unpaired) electrons.